The zero-order valence-corrected chi connectivity index (χ0v) is 12.8. The minimum Gasteiger partial charge on any atom is -0.383 e. The number of rotatable bonds is 8. The van der Waals surface area contributed by atoms with Gasteiger partial charge in [-0.15, -0.1) is 0 Å². The highest BCUT2D eigenvalue weighted by Gasteiger charge is 2.07. The maximum atomic E-state index is 6.06. The van der Waals surface area contributed by atoms with Crippen molar-refractivity contribution in [2.75, 3.05) is 25.0 Å². The van der Waals surface area contributed by atoms with Crippen molar-refractivity contribution in [1.29, 1.82) is 0 Å². The number of hydrogen-bond acceptors (Lipinski definition) is 3. The molecular formula is C16H29N3. The van der Waals surface area contributed by atoms with E-state index in [-0.39, 0.29) is 6.04 Å². The number of benzene rings is 1. The summed E-state index contributed by atoms with van der Waals surface area (Å²) in [6, 6.07) is 8.84. The molecule has 0 aliphatic carbocycles. The quantitative estimate of drug-likeness (QED) is 0.757. The molecule has 108 valence electrons. The van der Waals surface area contributed by atoms with Crippen LogP contribution in [0.2, 0.25) is 0 Å². The van der Waals surface area contributed by atoms with E-state index in [0.29, 0.717) is 5.92 Å². The fourth-order valence-electron chi connectivity index (χ4n) is 1.96. The van der Waals surface area contributed by atoms with E-state index in [9.17, 15) is 0 Å². The Kier molecular flexibility index (Phi) is 6.89. The topological polar surface area (TPSA) is 41.3 Å². The third kappa shape index (κ3) is 5.62. The van der Waals surface area contributed by atoms with Gasteiger partial charge in [0.15, 0.2) is 0 Å². The largest absolute Gasteiger partial charge is 0.383 e. The molecule has 1 unspecified atom stereocenters. The highest BCUT2D eigenvalue weighted by atomic mass is 15.1. The van der Waals surface area contributed by atoms with Crippen molar-refractivity contribution < 1.29 is 0 Å². The third-order valence-electron chi connectivity index (χ3n) is 3.63. The van der Waals surface area contributed by atoms with Crippen molar-refractivity contribution in [3.63, 3.8) is 0 Å². The van der Waals surface area contributed by atoms with E-state index in [1.54, 1.807) is 0 Å². The van der Waals surface area contributed by atoms with Gasteiger partial charge in [-0.1, -0.05) is 39.8 Å². The molecule has 0 aromatic heterocycles. The molecule has 3 nitrogen and oxygen atoms in total. The first-order valence-corrected chi connectivity index (χ1v) is 7.37. The van der Waals surface area contributed by atoms with E-state index in [1.165, 1.54) is 11.3 Å². The molecule has 19 heavy (non-hydrogen) atoms. The minimum absolute atomic E-state index is 0.200. The smallest absolute Gasteiger partial charge is 0.0343 e. The van der Waals surface area contributed by atoms with Gasteiger partial charge in [0.25, 0.3) is 0 Å². The van der Waals surface area contributed by atoms with Crippen LogP contribution in [0.25, 0.3) is 0 Å². The molecule has 1 rings (SSSR count). The molecule has 3 N–H and O–H groups in total. The third-order valence-corrected chi connectivity index (χ3v) is 3.63. The second-order valence-corrected chi connectivity index (χ2v) is 5.45. The molecule has 0 heterocycles. The van der Waals surface area contributed by atoms with Crippen molar-refractivity contribution in [1.82, 2.24) is 4.90 Å². The summed E-state index contributed by atoms with van der Waals surface area (Å²) in [5.41, 5.74) is 8.58. The SMILES string of the molecule is CCN(CC)Cc1cccc(NCC(N)C(C)C)c1. The van der Waals surface area contributed by atoms with E-state index in [2.05, 4.69) is 62.2 Å². The summed E-state index contributed by atoms with van der Waals surface area (Å²) in [5, 5.41) is 3.43. The monoisotopic (exact) mass is 263 g/mol. The Hall–Kier alpha value is -1.06. The first-order chi connectivity index (χ1) is 9.06. The Morgan fingerprint density at radius 3 is 2.47 bits per heavy atom. The van der Waals surface area contributed by atoms with Gasteiger partial charge in [-0.3, -0.25) is 4.90 Å². The summed E-state index contributed by atoms with van der Waals surface area (Å²) in [5.74, 6) is 0.506. The van der Waals surface area contributed by atoms with Crippen molar-refractivity contribution >= 4 is 5.69 Å². The Morgan fingerprint density at radius 2 is 1.89 bits per heavy atom. The van der Waals surface area contributed by atoms with Gasteiger partial charge < -0.3 is 11.1 Å². The summed E-state index contributed by atoms with van der Waals surface area (Å²) >= 11 is 0. The Labute approximate surface area is 118 Å². The number of anilines is 1. The molecular weight excluding hydrogens is 234 g/mol. The van der Waals surface area contributed by atoms with Crippen molar-refractivity contribution in [2.24, 2.45) is 11.7 Å². The summed E-state index contributed by atoms with van der Waals surface area (Å²) in [6.07, 6.45) is 0. The van der Waals surface area contributed by atoms with Gasteiger partial charge in [0.1, 0.15) is 0 Å². The van der Waals surface area contributed by atoms with Crippen LogP contribution in [0.5, 0.6) is 0 Å². The number of hydrogen-bond donors (Lipinski definition) is 2. The van der Waals surface area contributed by atoms with E-state index in [4.69, 9.17) is 5.73 Å². The first kappa shape index (κ1) is 16.0. The molecule has 0 fully saturated rings. The summed E-state index contributed by atoms with van der Waals surface area (Å²) in [7, 11) is 0. The van der Waals surface area contributed by atoms with E-state index in [0.717, 1.165) is 26.2 Å². The van der Waals surface area contributed by atoms with Gasteiger partial charge in [-0.2, -0.15) is 0 Å². The second kappa shape index (κ2) is 8.18. The lowest BCUT2D eigenvalue weighted by atomic mass is 10.1. The molecule has 0 radical (unpaired) electrons. The van der Waals surface area contributed by atoms with Crippen LogP contribution in [0.4, 0.5) is 5.69 Å². The van der Waals surface area contributed by atoms with Crippen LogP contribution in [-0.4, -0.2) is 30.6 Å². The van der Waals surface area contributed by atoms with Gasteiger partial charge in [0.2, 0.25) is 0 Å². The van der Waals surface area contributed by atoms with Crippen LogP contribution in [0.15, 0.2) is 24.3 Å². The summed E-state index contributed by atoms with van der Waals surface area (Å²) < 4.78 is 0. The molecule has 0 aliphatic rings. The molecule has 1 aromatic carbocycles. The molecule has 0 spiro atoms. The molecule has 0 bridgehead atoms. The fraction of sp³-hybridized carbons (Fsp3) is 0.625. The molecule has 3 heteroatoms. The molecule has 0 aliphatic heterocycles. The van der Waals surface area contributed by atoms with Crippen LogP contribution < -0.4 is 11.1 Å². The maximum absolute atomic E-state index is 6.06. The Morgan fingerprint density at radius 1 is 1.21 bits per heavy atom. The zero-order valence-electron chi connectivity index (χ0n) is 12.8. The standard InChI is InChI=1S/C16H29N3/c1-5-19(6-2)12-14-8-7-9-15(10-14)18-11-16(17)13(3)4/h7-10,13,16,18H,5-6,11-12,17H2,1-4H3. The predicted octanol–water partition coefficient (Wildman–Crippen LogP) is 2.92. The molecule has 0 saturated heterocycles. The van der Waals surface area contributed by atoms with Crippen molar-refractivity contribution in [3.05, 3.63) is 29.8 Å². The van der Waals surface area contributed by atoms with E-state index < -0.39 is 0 Å². The molecule has 1 aromatic rings. The highest BCUT2D eigenvalue weighted by Crippen LogP contribution is 2.13. The Balaban J connectivity index is 2.56. The molecule has 0 saturated carbocycles. The summed E-state index contributed by atoms with van der Waals surface area (Å²) in [4.78, 5) is 2.42. The van der Waals surface area contributed by atoms with E-state index in [1.807, 2.05) is 0 Å². The lowest BCUT2D eigenvalue weighted by Crippen LogP contribution is -2.34. The van der Waals surface area contributed by atoms with Crippen LogP contribution in [0.3, 0.4) is 0 Å². The number of nitrogens with zero attached hydrogens (tertiary/aromatic N) is 1. The van der Waals surface area contributed by atoms with Gasteiger partial charge >= 0.3 is 0 Å². The first-order valence-electron chi connectivity index (χ1n) is 7.37. The van der Waals surface area contributed by atoms with Gasteiger partial charge in [-0.25, -0.2) is 0 Å². The zero-order chi connectivity index (χ0) is 14.3. The van der Waals surface area contributed by atoms with E-state index >= 15 is 0 Å². The van der Waals surface area contributed by atoms with Crippen molar-refractivity contribution in [3.8, 4) is 0 Å². The second-order valence-electron chi connectivity index (χ2n) is 5.45. The van der Waals surface area contributed by atoms with Gasteiger partial charge in [0, 0.05) is 24.8 Å². The number of nitrogens with two attached hydrogens (primary N) is 1. The highest BCUT2D eigenvalue weighted by molar-refractivity contribution is 5.45. The van der Waals surface area contributed by atoms with Crippen LogP contribution >= 0.6 is 0 Å². The van der Waals surface area contributed by atoms with Gasteiger partial charge in [0.05, 0.1) is 0 Å². The van der Waals surface area contributed by atoms with Gasteiger partial charge in [-0.05, 0) is 36.7 Å². The predicted molar refractivity (Wildman–Crippen MR) is 84.4 cm³/mol. The van der Waals surface area contributed by atoms with Crippen molar-refractivity contribution in [2.45, 2.75) is 40.3 Å². The maximum Gasteiger partial charge on any atom is 0.0343 e. The lowest BCUT2D eigenvalue weighted by molar-refractivity contribution is 0.296. The van der Waals surface area contributed by atoms with Crippen LogP contribution in [0, 0.1) is 5.92 Å². The number of nitrogens with one attached hydrogen (secondary N) is 1. The Bertz CT molecular complexity index is 359. The molecule has 1 atom stereocenters. The average molecular weight is 263 g/mol. The fourth-order valence-corrected chi connectivity index (χ4v) is 1.96. The minimum atomic E-state index is 0.200. The lowest BCUT2D eigenvalue weighted by Gasteiger charge is -2.20. The van der Waals surface area contributed by atoms with Crippen LogP contribution in [-0.2, 0) is 6.54 Å². The average Bonchev–Trinajstić information content (AvgIpc) is 2.42. The molecule has 0 amide bonds. The normalized spacial score (nSPS) is 13.0. The van der Waals surface area contributed by atoms with Crippen LogP contribution in [0.1, 0.15) is 33.3 Å². The summed E-state index contributed by atoms with van der Waals surface area (Å²) in [6.45, 7) is 12.7.